The minimum Gasteiger partial charge on any atom is -0.459 e. The Balaban J connectivity index is 1.17. The van der Waals surface area contributed by atoms with E-state index in [-0.39, 0.29) is 17.7 Å². The quantitative estimate of drug-likeness (QED) is 0.570. The first-order valence-electron chi connectivity index (χ1n) is 12.6. The summed E-state index contributed by atoms with van der Waals surface area (Å²) < 4.78 is 5.22. The van der Waals surface area contributed by atoms with E-state index in [2.05, 4.69) is 36.9 Å². The molecule has 35 heavy (non-hydrogen) atoms. The summed E-state index contributed by atoms with van der Waals surface area (Å²) in [6.45, 7) is 10.2. The van der Waals surface area contributed by atoms with E-state index < -0.39 is 0 Å². The molecule has 0 spiro atoms. The smallest absolute Gasteiger partial charge is 0.289 e. The fourth-order valence-corrected chi connectivity index (χ4v) is 5.06. The maximum absolute atomic E-state index is 13.2. The number of hydrogen-bond acceptors (Lipinski definition) is 6. The second kappa shape index (κ2) is 9.68. The van der Waals surface area contributed by atoms with E-state index in [1.807, 2.05) is 11.8 Å². The van der Waals surface area contributed by atoms with Gasteiger partial charge < -0.3 is 19.1 Å². The molecule has 5 rings (SSSR count). The Morgan fingerprint density at radius 3 is 2.34 bits per heavy atom. The molecule has 1 aromatic carbocycles. The summed E-state index contributed by atoms with van der Waals surface area (Å²) in [7, 11) is 0. The number of fused-ring (bicyclic) bond motifs is 1. The zero-order chi connectivity index (χ0) is 24.5. The topological polar surface area (TPSA) is 82.8 Å². The highest BCUT2D eigenvalue weighted by atomic mass is 16.3. The summed E-state index contributed by atoms with van der Waals surface area (Å²) in [4.78, 5) is 41.2. The number of aromatic nitrogens is 2. The van der Waals surface area contributed by atoms with Gasteiger partial charge in [0.1, 0.15) is 0 Å². The van der Waals surface area contributed by atoms with E-state index in [1.165, 1.54) is 11.8 Å². The first-order valence-corrected chi connectivity index (χ1v) is 12.6. The lowest BCUT2D eigenvalue weighted by molar-refractivity contribution is -0.137. The molecule has 0 atom stereocenters. The Labute approximate surface area is 205 Å². The molecule has 8 heteroatoms. The van der Waals surface area contributed by atoms with Crippen LogP contribution < -0.4 is 4.90 Å². The van der Waals surface area contributed by atoms with Gasteiger partial charge in [0.05, 0.1) is 17.5 Å². The Hall–Kier alpha value is -3.42. The van der Waals surface area contributed by atoms with Crippen molar-refractivity contribution in [1.29, 1.82) is 0 Å². The molecule has 0 saturated carbocycles. The van der Waals surface area contributed by atoms with Crippen LogP contribution in [0.15, 0.2) is 41.0 Å². The monoisotopic (exact) mass is 475 g/mol. The molecule has 3 aromatic rings. The Kier molecular flexibility index (Phi) is 6.45. The Bertz CT molecular complexity index is 1210. The third-order valence-electron chi connectivity index (χ3n) is 7.30. The minimum atomic E-state index is -0.110. The van der Waals surface area contributed by atoms with Crippen LogP contribution in [0.25, 0.3) is 10.9 Å². The van der Waals surface area contributed by atoms with Crippen molar-refractivity contribution >= 4 is 28.7 Å². The predicted octanol–water partition coefficient (Wildman–Crippen LogP) is 3.86. The SMILES string of the molecule is Cc1nc(N2CCC(C(=O)N3CCN(C(=O)c4ccco4)CC3)CC2)nc2ccc(C(C)C)cc12. The number of piperazine rings is 1. The summed E-state index contributed by atoms with van der Waals surface area (Å²) >= 11 is 0. The van der Waals surface area contributed by atoms with Gasteiger partial charge in [0.15, 0.2) is 5.76 Å². The molecule has 2 aliphatic heterocycles. The van der Waals surface area contributed by atoms with Crippen molar-refractivity contribution in [3.8, 4) is 0 Å². The average Bonchev–Trinajstić information content (AvgIpc) is 3.43. The molecule has 0 aliphatic carbocycles. The summed E-state index contributed by atoms with van der Waals surface area (Å²) in [5, 5.41) is 1.11. The maximum Gasteiger partial charge on any atom is 0.289 e. The number of furan rings is 1. The van der Waals surface area contributed by atoms with Gasteiger partial charge in [-0.05, 0) is 55.5 Å². The van der Waals surface area contributed by atoms with Crippen molar-refractivity contribution in [2.24, 2.45) is 5.92 Å². The van der Waals surface area contributed by atoms with Gasteiger partial charge >= 0.3 is 0 Å². The van der Waals surface area contributed by atoms with Crippen LogP contribution in [0.2, 0.25) is 0 Å². The molecule has 0 bridgehead atoms. The van der Waals surface area contributed by atoms with Gasteiger partial charge in [-0.2, -0.15) is 0 Å². The summed E-state index contributed by atoms with van der Waals surface area (Å²) in [5.41, 5.74) is 3.26. The third-order valence-corrected chi connectivity index (χ3v) is 7.30. The molecule has 2 amide bonds. The number of benzene rings is 1. The Morgan fingerprint density at radius 2 is 1.69 bits per heavy atom. The van der Waals surface area contributed by atoms with Crippen LogP contribution in [0.1, 0.15) is 54.4 Å². The van der Waals surface area contributed by atoms with Crippen LogP contribution in [0.3, 0.4) is 0 Å². The molecule has 184 valence electrons. The fraction of sp³-hybridized carbons (Fsp3) is 0.481. The highest BCUT2D eigenvalue weighted by Crippen LogP contribution is 2.27. The highest BCUT2D eigenvalue weighted by molar-refractivity contribution is 5.91. The lowest BCUT2D eigenvalue weighted by Crippen LogP contribution is -2.53. The van der Waals surface area contributed by atoms with E-state index in [1.54, 1.807) is 17.0 Å². The van der Waals surface area contributed by atoms with E-state index >= 15 is 0 Å². The van der Waals surface area contributed by atoms with E-state index in [9.17, 15) is 9.59 Å². The van der Waals surface area contributed by atoms with Gasteiger partial charge in [-0.15, -0.1) is 0 Å². The van der Waals surface area contributed by atoms with Crippen LogP contribution in [0, 0.1) is 12.8 Å². The number of piperidine rings is 1. The first kappa shape index (κ1) is 23.3. The van der Waals surface area contributed by atoms with Gasteiger partial charge in [0.25, 0.3) is 5.91 Å². The minimum absolute atomic E-state index is 0.00808. The maximum atomic E-state index is 13.2. The van der Waals surface area contributed by atoms with Crippen molar-refractivity contribution in [2.75, 3.05) is 44.2 Å². The molecule has 0 N–H and O–H groups in total. The van der Waals surface area contributed by atoms with Crippen molar-refractivity contribution < 1.29 is 14.0 Å². The number of carbonyl (C=O) groups excluding carboxylic acids is 2. The second-order valence-electron chi connectivity index (χ2n) is 9.90. The van der Waals surface area contributed by atoms with Gasteiger partial charge in [-0.3, -0.25) is 9.59 Å². The molecule has 2 fully saturated rings. The number of aryl methyl sites for hydroxylation is 1. The lowest BCUT2D eigenvalue weighted by atomic mass is 9.95. The van der Waals surface area contributed by atoms with Crippen LogP contribution in [-0.4, -0.2) is 70.9 Å². The van der Waals surface area contributed by atoms with Gasteiger partial charge in [0.2, 0.25) is 11.9 Å². The standard InChI is InChI=1S/C27H33N5O3/c1-18(2)21-6-7-23-22(17-21)19(3)28-27(29-23)32-10-8-20(9-11-32)25(33)30-12-14-31(15-13-30)26(34)24-5-4-16-35-24/h4-7,16-18,20H,8-15H2,1-3H3. The molecule has 0 unspecified atom stereocenters. The molecule has 2 aliphatic rings. The molecule has 0 radical (unpaired) electrons. The van der Waals surface area contributed by atoms with E-state index in [0.29, 0.717) is 37.9 Å². The molecular weight excluding hydrogens is 442 g/mol. The Morgan fingerprint density at radius 1 is 0.971 bits per heavy atom. The molecule has 2 aromatic heterocycles. The van der Waals surface area contributed by atoms with Crippen LogP contribution in [0.5, 0.6) is 0 Å². The number of amides is 2. The van der Waals surface area contributed by atoms with E-state index in [4.69, 9.17) is 14.4 Å². The van der Waals surface area contributed by atoms with Crippen molar-refractivity contribution in [2.45, 2.75) is 39.5 Å². The van der Waals surface area contributed by atoms with Gasteiger partial charge in [-0.25, -0.2) is 9.97 Å². The van der Waals surface area contributed by atoms with E-state index in [0.717, 1.165) is 48.5 Å². The summed E-state index contributed by atoms with van der Waals surface area (Å²) in [6, 6.07) is 9.83. The largest absolute Gasteiger partial charge is 0.459 e. The zero-order valence-corrected chi connectivity index (χ0v) is 20.7. The summed E-state index contributed by atoms with van der Waals surface area (Å²) in [5.74, 6) is 1.67. The van der Waals surface area contributed by atoms with Crippen molar-refractivity contribution in [3.63, 3.8) is 0 Å². The summed E-state index contributed by atoms with van der Waals surface area (Å²) in [6.07, 6.45) is 3.08. The van der Waals surface area contributed by atoms with Gasteiger partial charge in [0, 0.05) is 50.6 Å². The zero-order valence-electron chi connectivity index (χ0n) is 20.7. The normalized spacial score (nSPS) is 17.4. The second-order valence-corrected chi connectivity index (χ2v) is 9.90. The molecule has 4 heterocycles. The van der Waals surface area contributed by atoms with Crippen LogP contribution in [0.4, 0.5) is 5.95 Å². The fourth-order valence-electron chi connectivity index (χ4n) is 5.06. The van der Waals surface area contributed by atoms with Gasteiger partial charge in [-0.1, -0.05) is 19.9 Å². The highest BCUT2D eigenvalue weighted by Gasteiger charge is 2.32. The third kappa shape index (κ3) is 4.74. The number of hydrogen-bond donors (Lipinski definition) is 0. The van der Waals surface area contributed by atoms with Crippen LogP contribution >= 0.6 is 0 Å². The van der Waals surface area contributed by atoms with Crippen molar-refractivity contribution in [1.82, 2.24) is 19.8 Å². The van der Waals surface area contributed by atoms with Crippen molar-refractivity contribution in [3.05, 3.63) is 53.6 Å². The average molecular weight is 476 g/mol. The molecule has 2 saturated heterocycles. The van der Waals surface area contributed by atoms with Crippen LogP contribution in [-0.2, 0) is 4.79 Å². The number of anilines is 1. The first-order chi connectivity index (χ1) is 16.9. The number of rotatable bonds is 4. The molecular formula is C27H33N5O3. The molecule has 8 nitrogen and oxygen atoms in total. The lowest BCUT2D eigenvalue weighted by Gasteiger charge is -2.38. The number of nitrogens with zero attached hydrogens (tertiary/aromatic N) is 5. The number of carbonyl (C=O) groups is 2. The predicted molar refractivity (Wildman–Crippen MR) is 134 cm³/mol.